The fourth-order valence-corrected chi connectivity index (χ4v) is 4.52. The van der Waals surface area contributed by atoms with Crippen molar-refractivity contribution < 1.29 is 10.2 Å². The van der Waals surface area contributed by atoms with E-state index >= 15 is 0 Å². The summed E-state index contributed by atoms with van der Waals surface area (Å²) < 4.78 is 1.49. The second-order valence-electron chi connectivity index (χ2n) is 9.80. The second kappa shape index (κ2) is 13.9. The van der Waals surface area contributed by atoms with Gasteiger partial charge in [-0.3, -0.25) is 19.3 Å². The van der Waals surface area contributed by atoms with Gasteiger partial charge in [-0.25, -0.2) is 9.97 Å². The number of benzene rings is 2. The van der Waals surface area contributed by atoms with E-state index in [1.165, 1.54) is 10.6 Å². The van der Waals surface area contributed by atoms with Crippen molar-refractivity contribution in [2.75, 3.05) is 29.9 Å². The van der Waals surface area contributed by atoms with Gasteiger partial charge in [0.1, 0.15) is 5.82 Å². The smallest absolute Gasteiger partial charge is 0.255 e. The molecule has 4 aromatic rings. The van der Waals surface area contributed by atoms with Crippen LogP contribution in [0.15, 0.2) is 88.8 Å². The van der Waals surface area contributed by atoms with Crippen molar-refractivity contribution >= 4 is 36.1 Å². The lowest BCUT2D eigenvalue weighted by Gasteiger charge is -2.33. The van der Waals surface area contributed by atoms with Crippen molar-refractivity contribution in [2.24, 2.45) is 10.7 Å². The van der Waals surface area contributed by atoms with Gasteiger partial charge in [0.25, 0.3) is 5.56 Å². The van der Waals surface area contributed by atoms with Gasteiger partial charge in [0.2, 0.25) is 11.9 Å². The third kappa shape index (κ3) is 7.40. The molecule has 0 aliphatic carbocycles. The molecule has 2 aromatic heterocycles. The average Bonchev–Trinajstić information content (AvgIpc) is 3.00. The van der Waals surface area contributed by atoms with Gasteiger partial charge in [-0.2, -0.15) is 4.98 Å². The number of nitrogens with one attached hydrogen (secondary N) is 2. The molecule has 0 saturated heterocycles. The normalized spacial score (nSPS) is 18.2. The number of rotatable bonds is 5. The number of halogens is 1. The zero-order chi connectivity index (χ0) is 28.8. The summed E-state index contributed by atoms with van der Waals surface area (Å²) in [4.78, 5) is 32.2. The van der Waals surface area contributed by atoms with Crippen LogP contribution in [0.5, 0.6) is 0 Å². The summed E-state index contributed by atoms with van der Waals surface area (Å²) in [5, 5.41) is 25.3. The number of β-amino-alcohol motifs (C(OH)–C–C–N with tert-alkyl or cyclic N) is 2. The summed E-state index contributed by atoms with van der Waals surface area (Å²) in [6.45, 7) is 3.45. The van der Waals surface area contributed by atoms with Crippen molar-refractivity contribution in [3.8, 4) is 11.3 Å². The van der Waals surface area contributed by atoms with Gasteiger partial charge in [-0.15, -0.1) is 12.4 Å². The van der Waals surface area contributed by atoms with Crippen LogP contribution in [0, 0.1) is 0 Å². The highest BCUT2D eigenvalue weighted by Gasteiger charge is 2.28. The fourth-order valence-electron chi connectivity index (χ4n) is 4.52. The second-order valence-corrected chi connectivity index (χ2v) is 9.80. The Morgan fingerprint density at radius 3 is 2.38 bits per heavy atom. The Morgan fingerprint density at radius 1 is 1.00 bits per heavy atom. The molecule has 6 N–H and O–H groups in total. The van der Waals surface area contributed by atoms with Gasteiger partial charge in [0, 0.05) is 24.4 Å². The highest BCUT2D eigenvalue weighted by atomic mass is 35.5. The Bertz CT molecular complexity index is 1550. The van der Waals surface area contributed by atoms with Crippen LogP contribution in [0.25, 0.3) is 11.3 Å². The number of fused-ring (bicyclic) bond motifs is 1. The van der Waals surface area contributed by atoms with Crippen LogP contribution in [-0.2, 0) is 6.54 Å². The molecule has 3 atom stereocenters. The van der Waals surface area contributed by atoms with E-state index in [9.17, 15) is 9.90 Å². The van der Waals surface area contributed by atoms with E-state index in [-0.39, 0.29) is 43.2 Å². The van der Waals surface area contributed by atoms with Crippen molar-refractivity contribution in [1.29, 1.82) is 0 Å². The van der Waals surface area contributed by atoms with Crippen LogP contribution in [-0.4, -0.2) is 67.5 Å². The highest BCUT2D eigenvalue weighted by Crippen LogP contribution is 2.28. The molecule has 6 rings (SSSR count). The third-order valence-corrected chi connectivity index (χ3v) is 6.64. The van der Waals surface area contributed by atoms with E-state index in [0.717, 1.165) is 11.1 Å². The Kier molecular flexibility index (Phi) is 10.1. The number of nitrogens with zero attached hydrogens (tertiary/aromatic N) is 6. The highest BCUT2D eigenvalue weighted by molar-refractivity contribution is 5.85. The number of hydrogen-bond acceptors (Lipinski definition) is 11. The van der Waals surface area contributed by atoms with E-state index in [4.69, 9.17) is 15.8 Å². The maximum absolute atomic E-state index is 12.9. The predicted molar refractivity (Wildman–Crippen MR) is 165 cm³/mol. The van der Waals surface area contributed by atoms with Crippen LogP contribution < -0.4 is 26.8 Å². The first-order chi connectivity index (χ1) is 19.9. The van der Waals surface area contributed by atoms with E-state index in [0.29, 0.717) is 42.5 Å². The number of nitrogens with two attached hydrogens (primary N) is 1. The van der Waals surface area contributed by atoms with Crippen molar-refractivity contribution in [3.05, 3.63) is 94.9 Å². The zero-order valence-electron chi connectivity index (χ0n) is 23.0. The molecule has 12 nitrogen and oxygen atoms in total. The van der Waals surface area contributed by atoms with Crippen LogP contribution >= 0.6 is 12.4 Å². The minimum atomic E-state index is -0.728. The van der Waals surface area contributed by atoms with Crippen LogP contribution in [0.4, 0.5) is 17.7 Å². The Labute approximate surface area is 249 Å². The van der Waals surface area contributed by atoms with E-state index in [1.807, 2.05) is 67.6 Å². The van der Waals surface area contributed by atoms with Gasteiger partial charge in [-0.1, -0.05) is 60.7 Å². The fraction of sp³-hybridized carbons (Fsp3) is 0.276. The molecule has 4 heterocycles. The maximum Gasteiger partial charge on any atom is 0.255 e. The third-order valence-electron chi connectivity index (χ3n) is 6.64. The lowest BCUT2D eigenvalue weighted by molar-refractivity contribution is 0.150. The minimum Gasteiger partial charge on any atom is -0.389 e. The monoisotopic (exact) mass is 591 g/mol. The van der Waals surface area contributed by atoms with E-state index in [2.05, 4.69) is 25.6 Å². The molecule has 0 saturated carbocycles. The quantitative estimate of drug-likeness (QED) is 0.232. The molecule has 3 unspecified atom stereocenters. The lowest BCUT2D eigenvalue weighted by atomic mass is 10.1. The van der Waals surface area contributed by atoms with E-state index in [1.54, 1.807) is 17.2 Å². The maximum atomic E-state index is 12.9. The minimum absolute atomic E-state index is 0. The number of hydrogen-bond donors (Lipinski definition) is 5. The van der Waals surface area contributed by atoms with Crippen molar-refractivity contribution in [2.45, 2.75) is 31.7 Å². The molecule has 0 amide bonds. The first-order valence-corrected chi connectivity index (χ1v) is 13.4. The lowest BCUT2D eigenvalue weighted by Crippen LogP contribution is -2.44. The summed E-state index contributed by atoms with van der Waals surface area (Å²) in [5.41, 5.74) is 7.56. The van der Waals surface area contributed by atoms with Crippen LogP contribution in [0.3, 0.4) is 0 Å². The van der Waals surface area contributed by atoms with Gasteiger partial charge in [0.15, 0.2) is 5.96 Å². The van der Waals surface area contributed by atoms with Crippen molar-refractivity contribution in [1.82, 2.24) is 24.8 Å². The first kappa shape index (κ1) is 30.4. The summed E-state index contributed by atoms with van der Waals surface area (Å²) in [6, 6.07) is 22.9. The number of aromatic nitrogens is 4. The molecule has 2 aliphatic rings. The first-order valence-electron chi connectivity index (χ1n) is 13.4. The van der Waals surface area contributed by atoms with Gasteiger partial charge >= 0.3 is 0 Å². The van der Waals surface area contributed by atoms with Crippen molar-refractivity contribution in [3.63, 3.8) is 0 Å². The largest absolute Gasteiger partial charge is 0.389 e. The molecule has 0 bridgehead atoms. The molecule has 13 heteroatoms. The Hall–Kier alpha value is -4.52. The van der Waals surface area contributed by atoms with Gasteiger partial charge in [-0.05, 0) is 18.6 Å². The molecular weight excluding hydrogens is 558 g/mol. The number of anilines is 3. The van der Waals surface area contributed by atoms with Crippen LogP contribution in [0.1, 0.15) is 18.5 Å². The SMILES string of the molecule is CC(Nc1nccc(N2CC(O)Cn3c2nc(-c2ccccc2)cc3=O)n1)c1ccccc1.Cl.NC1=NCC(O)CN1. The number of aliphatic hydroxyl groups is 2. The summed E-state index contributed by atoms with van der Waals surface area (Å²) in [6.07, 6.45) is 0.573. The van der Waals surface area contributed by atoms with Gasteiger partial charge < -0.3 is 26.6 Å². The topological polar surface area (TPSA) is 167 Å². The summed E-state index contributed by atoms with van der Waals surface area (Å²) in [5.74, 6) is 1.89. The summed E-state index contributed by atoms with van der Waals surface area (Å²) >= 11 is 0. The number of aliphatic hydroxyl groups excluding tert-OH is 2. The zero-order valence-corrected chi connectivity index (χ0v) is 23.9. The molecule has 220 valence electrons. The molecular formula is C29H34ClN9O3. The molecule has 2 aliphatic heterocycles. The number of guanidine groups is 1. The van der Waals surface area contributed by atoms with Gasteiger partial charge in [0.05, 0.1) is 43.6 Å². The summed E-state index contributed by atoms with van der Waals surface area (Å²) in [7, 11) is 0. The molecule has 0 fully saturated rings. The average molecular weight is 592 g/mol. The Morgan fingerprint density at radius 2 is 1.71 bits per heavy atom. The predicted octanol–water partition coefficient (Wildman–Crippen LogP) is 2.07. The number of aliphatic imine (C=N–C) groups is 1. The molecule has 42 heavy (non-hydrogen) atoms. The standard InChI is InChI=1S/C25H24N6O2.C4H9N3O.ClH/c1-17(18-8-4-2-5-9-18)27-24-26-13-12-22(29-24)30-15-20(32)16-31-23(33)14-21(28-25(30)31)19-10-6-3-7-11-19;5-4-6-1-3(8)2-7-4;/h2-14,17,20,32H,15-16H2,1H3,(H,26,27,29);3,8H,1-2H2,(H3,5,6,7);1H. The van der Waals surface area contributed by atoms with Crippen LogP contribution in [0.2, 0.25) is 0 Å². The molecule has 0 radical (unpaired) electrons. The Balaban J connectivity index is 0.000000391. The van der Waals surface area contributed by atoms with E-state index < -0.39 is 6.10 Å². The molecule has 2 aromatic carbocycles. The molecule has 0 spiro atoms.